The first-order chi connectivity index (χ1) is 14.6. The molecule has 0 unspecified atom stereocenters. The average molecular weight is 451 g/mol. The predicted molar refractivity (Wildman–Crippen MR) is 145 cm³/mol. The maximum atomic E-state index is 11.1. The third-order valence-electron chi connectivity index (χ3n) is 6.31. The molecule has 0 aliphatic rings. The van der Waals surface area contributed by atoms with Gasteiger partial charge in [0, 0.05) is 22.3 Å². The van der Waals surface area contributed by atoms with Gasteiger partial charge < -0.3 is 10.2 Å². The number of benzene rings is 2. The molecule has 0 heterocycles. The number of hydrogen-bond acceptors (Lipinski definition) is 2. The van der Waals surface area contributed by atoms with Crippen LogP contribution in [-0.2, 0) is 21.7 Å². The van der Waals surface area contributed by atoms with Crippen molar-refractivity contribution in [2.24, 2.45) is 0 Å². The van der Waals surface area contributed by atoms with Crippen LogP contribution in [0.15, 0.2) is 24.3 Å². The predicted octanol–water partition coefficient (Wildman–Crippen LogP) is 8.85. The van der Waals surface area contributed by atoms with Crippen molar-refractivity contribution < 1.29 is 10.2 Å². The summed E-state index contributed by atoms with van der Waals surface area (Å²) < 4.78 is 0. The summed E-state index contributed by atoms with van der Waals surface area (Å²) in [5.41, 5.74) is 6.53. The van der Waals surface area contributed by atoms with Gasteiger partial charge in [0.2, 0.25) is 0 Å². The molecule has 0 saturated carbocycles. The fourth-order valence-electron chi connectivity index (χ4n) is 4.22. The number of aromatic hydroxyl groups is 2. The number of hydrogen-bond donors (Lipinski definition) is 2. The van der Waals surface area contributed by atoms with Crippen molar-refractivity contribution in [2.75, 3.05) is 0 Å². The molecule has 2 heteroatoms. The van der Waals surface area contributed by atoms with Crippen LogP contribution < -0.4 is 0 Å². The first-order valence-corrected chi connectivity index (χ1v) is 12.1. The standard InChI is InChI=1S/C31H46O2/c1-19(21-17-24(30(8,9)10)27(33)25(18-21)31(11,12)13)14-20-15-22(28(2,3)4)26(32)23(16-20)29(5,6)7/h14-18,32-33H,1-13H3. The summed E-state index contributed by atoms with van der Waals surface area (Å²) in [4.78, 5) is 0. The van der Waals surface area contributed by atoms with E-state index in [0.717, 1.165) is 39.0 Å². The minimum Gasteiger partial charge on any atom is -0.507 e. The van der Waals surface area contributed by atoms with Crippen molar-refractivity contribution in [2.45, 2.75) is 112 Å². The van der Waals surface area contributed by atoms with Crippen LogP contribution in [0.25, 0.3) is 11.6 Å². The highest BCUT2D eigenvalue weighted by molar-refractivity contribution is 5.82. The van der Waals surface area contributed by atoms with Gasteiger partial charge in [-0.25, -0.2) is 0 Å². The molecule has 0 radical (unpaired) electrons. The molecule has 2 N–H and O–H groups in total. The van der Waals surface area contributed by atoms with E-state index in [1.165, 1.54) is 0 Å². The van der Waals surface area contributed by atoms with Gasteiger partial charge >= 0.3 is 0 Å². The zero-order valence-electron chi connectivity index (χ0n) is 23.3. The van der Waals surface area contributed by atoms with Gasteiger partial charge in [-0.1, -0.05) is 89.2 Å². The molecule has 182 valence electrons. The molecule has 0 fully saturated rings. The Morgan fingerprint density at radius 2 is 0.818 bits per heavy atom. The van der Waals surface area contributed by atoms with Crippen LogP contribution in [0.4, 0.5) is 0 Å². The van der Waals surface area contributed by atoms with E-state index in [0.29, 0.717) is 11.5 Å². The van der Waals surface area contributed by atoms with E-state index in [1.807, 2.05) is 0 Å². The van der Waals surface area contributed by atoms with Crippen molar-refractivity contribution in [3.05, 3.63) is 57.6 Å². The lowest BCUT2D eigenvalue weighted by Crippen LogP contribution is -2.18. The molecule has 0 aromatic heterocycles. The zero-order chi connectivity index (χ0) is 25.7. The summed E-state index contributed by atoms with van der Waals surface area (Å²) >= 11 is 0. The van der Waals surface area contributed by atoms with E-state index >= 15 is 0 Å². The highest BCUT2D eigenvalue weighted by Gasteiger charge is 2.28. The Labute approximate surface area is 202 Å². The first-order valence-electron chi connectivity index (χ1n) is 12.1. The molecule has 2 rings (SSSR count). The Hall–Kier alpha value is -2.22. The highest BCUT2D eigenvalue weighted by atomic mass is 16.3. The summed E-state index contributed by atoms with van der Waals surface area (Å²) in [6, 6.07) is 8.49. The topological polar surface area (TPSA) is 40.5 Å². The van der Waals surface area contributed by atoms with Gasteiger partial charge in [-0.15, -0.1) is 0 Å². The largest absolute Gasteiger partial charge is 0.507 e. The Kier molecular flexibility index (Phi) is 6.98. The molecule has 2 nitrogen and oxygen atoms in total. The van der Waals surface area contributed by atoms with E-state index < -0.39 is 0 Å². The van der Waals surface area contributed by atoms with Crippen LogP contribution in [0.5, 0.6) is 11.5 Å². The van der Waals surface area contributed by atoms with Crippen molar-refractivity contribution >= 4 is 11.6 Å². The maximum Gasteiger partial charge on any atom is 0.123 e. The SMILES string of the molecule is CC(=Cc1cc(C(C)(C)C)c(O)c(C(C)(C)C)c1)c1cc(C(C)(C)C)c(O)c(C(C)(C)C)c1. The molecule has 0 spiro atoms. The second-order valence-electron chi connectivity index (χ2n) is 13.7. The summed E-state index contributed by atoms with van der Waals surface area (Å²) in [6.45, 7) is 27.8. The fraction of sp³-hybridized carbons (Fsp3) is 0.548. The molecule has 0 aliphatic heterocycles. The lowest BCUT2D eigenvalue weighted by Gasteiger charge is -2.29. The van der Waals surface area contributed by atoms with Gasteiger partial charge in [-0.05, 0) is 69.5 Å². The molecule has 0 bridgehead atoms. The van der Waals surface area contributed by atoms with Crippen LogP contribution in [-0.4, -0.2) is 10.2 Å². The molecular weight excluding hydrogens is 404 g/mol. The van der Waals surface area contributed by atoms with Crippen LogP contribution in [0.1, 0.15) is 123 Å². The minimum atomic E-state index is -0.169. The molecule has 0 aliphatic carbocycles. The summed E-state index contributed by atoms with van der Waals surface area (Å²) in [6.07, 6.45) is 2.20. The maximum absolute atomic E-state index is 11.1. The van der Waals surface area contributed by atoms with Gasteiger partial charge in [-0.3, -0.25) is 0 Å². The summed E-state index contributed by atoms with van der Waals surface area (Å²) in [5.74, 6) is 0.806. The first kappa shape index (κ1) is 27.0. The van der Waals surface area contributed by atoms with Crippen molar-refractivity contribution in [1.29, 1.82) is 0 Å². The normalized spacial score (nSPS) is 14.0. The van der Waals surface area contributed by atoms with Gasteiger partial charge in [0.25, 0.3) is 0 Å². The van der Waals surface area contributed by atoms with Gasteiger partial charge in [0.1, 0.15) is 11.5 Å². The quantitative estimate of drug-likeness (QED) is 0.449. The Balaban J connectivity index is 2.80. The number of phenolic OH excluding ortho intramolecular Hbond substituents is 2. The van der Waals surface area contributed by atoms with E-state index in [4.69, 9.17) is 0 Å². The van der Waals surface area contributed by atoms with Crippen LogP contribution in [0.2, 0.25) is 0 Å². The number of allylic oxidation sites excluding steroid dienone is 1. The van der Waals surface area contributed by atoms with E-state index in [1.54, 1.807) is 0 Å². The third kappa shape index (κ3) is 6.02. The average Bonchev–Trinajstić information content (AvgIpc) is 2.59. The Bertz CT molecular complexity index is 986. The van der Waals surface area contributed by atoms with Gasteiger partial charge in [0.05, 0.1) is 0 Å². The highest BCUT2D eigenvalue weighted by Crippen LogP contribution is 2.43. The molecule has 33 heavy (non-hydrogen) atoms. The van der Waals surface area contributed by atoms with Crippen LogP contribution in [0, 0.1) is 0 Å². The van der Waals surface area contributed by atoms with Crippen molar-refractivity contribution in [3.8, 4) is 11.5 Å². The molecule has 0 saturated heterocycles. The van der Waals surface area contributed by atoms with Crippen LogP contribution >= 0.6 is 0 Å². The summed E-state index contributed by atoms with van der Waals surface area (Å²) in [5, 5.41) is 22.2. The van der Waals surface area contributed by atoms with Gasteiger partial charge in [0.15, 0.2) is 0 Å². The molecule has 2 aromatic rings. The monoisotopic (exact) mass is 450 g/mol. The van der Waals surface area contributed by atoms with E-state index in [-0.39, 0.29) is 21.7 Å². The number of phenols is 2. The second kappa shape index (κ2) is 8.53. The Morgan fingerprint density at radius 3 is 1.09 bits per heavy atom. The lowest BCUT2D eigenvalue weighted by molar-refractivity contribution is 0.422. The molecule has 2 aromatic carbocycles. The summed E-state index contributed by atoms with van der Waals surface area (Å²) in [7, 11) is 0. The van der Waals surface area contributed by atoms with Crippen molar-refractivity contribution in [3.63, 3.8) is 0 Å². The lowest BCUT2D eigenvalue weighted by atomic mass is 9.77. The Morgan fingerprint density at radius 1 is 0.545 bits per heavy atom. The van der Waals surface area contributed by atoms with Gasteiger partial charge in [-0.2, -0.15) is 0 Å². The molecule has 0 atom stereocenters. The zero-order valence-corrected chi connectivity index (χ0v) is 23.3. The van der Waals surface area contributed by atoms with Crippen molar-refractivity contribution in [1.82, 2.24) is 0 Å². The van der Waals surface area contributed by atoms with Crippen LogP contribution in [0.3, 0.4) is 0 Å². The second-order valence-corrected chi connectivity index (χ2v) is 13.7. The fourth-order valence-corrected chi connectivity index (χ4v) is 4.22. The van der Waals surface area contributed by atoms with E-state index in [2.05, 4.69) is 120 Å². The third-order valence-corrected chi connectivity index (χ3v) is 6.31. The molecule has 0 amide bonds. The van der Waals surface area contributed by atoms with E-state index in [9.17, 15) is 10.2 Å². The number of rotatable bonds is 2. The smallest absolute Gasteiger partial charge is 0.123 e. The minimum absolute atomic E-state index is 0.167. The molecular formula is C31H46O2.